The fourth-order valence-electron chi connectivity index (χ4n) is 2.17. The van der Waals surface area contributed by atoms with Crippen LogP contribution >= 0.6 is 0 Å². The quantitative estimate of drug-likeness (QED) is 0.743. The lowest BCUT2D eigenvalue weighted by atomic mass is 10.1. The Balaban J connectivity index is 2.83. The van der Waals surface area contributed by atoms with Gasteiger partial charge in [0.15, 0.2) is 0 Å². The summed E-state index contributed by atoms with van der Waals surface area (Å²) < 4.78 is 1.70. The summed E-state index contributed by atoms with van der Waals surface area (Å²) in [6.45, 7) is 7.93. The summed E-state index contributed by atoms with van der Waals surface area (Å²) in [4.78, 5) is 12.0. The van der Waals surface area contributed by atoms with E-state index < -0.39 is 0 Å². The molecule has 0 bridgehead atoms. The van der Waals surface area contributed by atoms with Crippen molar-refractivity contribution in [3.8, 4) is 0 Å². The predicted molar refractivity (Wildman–Crippen MR) is 79.8 cm³/mol. The molecule has 6 heteroatoms. The van der Waals surface area contributed by atoms with Gasteiger partial charge in [0.05, 0.1) is 18.3 Å². The van der Waals surface area contributed by atoms with Crippen LogP contribution in [0.25, 0.3) is 0 Å². The molecule has 1 heterocycles. The van der Waals surface area contributed by atoms with E-state index in [1.807, 2.05) is 34.7 Å². The van der Waals surface area contributed by atoms with Gasteiger partial charge in [-0.2, -0.15) is 5.10 Å². The number of aliphatic hydroxyl groups is 1. The maximum Gasteiger partial charge on any atom is 0.320 e. The van der Waals surface area contributed by atoms with Crippen LogP contribution in [0.1, 0.15) is 39.0 Å². The Morgan fingerprint density at radius 1 is 1.35 bits per heavy atom. The van der Waals surface area contributed by atoms with Gasteiger partial charge in [0.1, 0.15) is 5.82 Å². The average molecular weight is 282 g/mol. The number of urea groups is 1. The maximum atomic E-state index is 12.0. The summed E-state index contributed by atoms with van der Waals surface area (Å²) in [6, 6.07) is -0.558. The smallest absolute Gasteiger partial charge is 0.320 e. The van der Waals surface area contributed by atoms with Crippen molar-refractivity contribution in [3.63, 3.8) is 0 Å². The summed E-state index contributed by atoms with van der Waals surface area (Å²) in [6.07, 6.45) is 1.66. The number of aromatic nitrogens is 2. The highest BCUT2D eigenvalue weighted by Crippen LogP contribution is 2.20. The third kappa shape index (κ3) is 3.72. The molecular weight excluding hydrogens is 256 g/mol. The zero-order chi connectivity index (χ0) is 15.3. The second-order valence-corrected chi connectivity index (χ2v) is 5.24. The number of amides is 2. The van der Waals surface area contributed by atoms with Gasteiger partial charge in [-0.1, -0.05) is 27.7 Å². The predicted octanol–water partition coefficient (Wildman–Crippen LogP) is 1.68. The second kappa shape index (κ2) is 7.28. The number of rotatable bonds is 6. The van der Waals surface area contributed by atoms with E-state index in [1.54, 1.807) is 4.68 Å². The topological polar surface area (TPSA) is 79.2 Å². The molecule has 0 aliphatic rings. The van der Waals surface area contributed by atoms with Crippen LogP contribution in [-0.2, 0) is 19.9 Å². The molecule has 1 aromatic heterocycles. The molecule has 3 N–H and O–H groups in total. The number of nitrogens with one attached hydrogen (secondary N) is 2. The Morgan fingerprint density at radius 3 is 2.45 bits per heavy atom. The second-order valence-electron chi connectivity index (χ2n) is 5.24. The minimum absolute atomic E-state index is 0.0721. The first-order chi connectivity index (χ1) is 9.44. The fraction of sp³-hybridized carbons (Fsp3) is 0.714. The van der Waals surface area contributed by atoms with Crippen LogP contribution in [-0.4, -0.2) is 33.6 Å². The van der Waals surface area contributed by atoms with Gasteiger partial charge in [0, 0.05) is 12.6 Å². The lowest BCUT2D eigenvalue weighted by molar-refractivity contribution is 0.204. The van der Waals surface area contributed by atoms with Crippen LogP contribution in [0.15, 0.2) is 0 Å². The summed E-state index contributed by atoms with van der Waals surface area (Å²) in [5.74, 6) is 0.899. The average Bonchev–Trinajstić information content (AvgIpc) is 2.71. The van der Waals surface area contributed by atoms with Crippen molar-refractivity contribution in [3.05, 3.63) is 11.3 Å². The maximum absolute atomic E-state index is 12.0. The van der Waals surface area contributed by atoms with Gasteiger partial charge >= 0.3 is 6.03 Å². The van der Waals surface area contributed by atoms with E-state index in [9.17, 15) is 9.90 Å². The number of hydrogen-bond acceptors (Lipinski definition) is 3. The number of nitrogens with zero attached hydrogens (tertiary/aromatic N) is 2. The standard InChI is InChI=1S/C14H26N4O2/c1-6-10-11(7-2)17-18(5)13(10)16-14(20)15-12(8-19)9(3)4/h9,12,19H,6-8H2,1-5H3,(H2,15,16,20)/t12-/m0/s1. The Morgan fingerprint density at radius 2 is 2.00 bits per heavy atom. The van der Waals surface area contributed by atoms with Crippen LogP contribution in [0.4, 0.5) is 10.6 Å². The van der Waals surface area contributed by atoms with Gasteiger partial charge in [-0.05, 0) is 18.8 Å². The van der Waals surface area contributed by atoms with E-state index in [2.05, 4.69) is 15.7 Å². The zero-order valence-corrected chi connectivity index (χ0v) is 13.0. The van der Waals surface area contributed by atoms with Crippen LogP contribution < -0.4 is 10.6 Å². The van der Waals surface area contributed by atoms with Crippen molar-refractivity contribution >= 4 is 11.8 Å². The molecule has 0 aromatic carbocycles. The first kappa shape index (κ1) is 16.5. The molecule has 6 nitrogen and oxygen atoms in total. The van der Waals surface area contributed by atoms with Gasteiger partial charge in [-0.3, -0.25) is 10.00 Å². The van der Waals surface area contributed by atoms with Crippen LogP contribution in [0.2, 0.25) is 0 Å². The molecule has 0 saturated carbocycles. The first-order valence-electron chi connectivity index (χ1n) is 7.17. The van der Waals surface area contributed by atoms with Crippen molar-refractivity contribution in [2.24, 2.45) is 13.0 Å². The SMILES string of the molecule is CCc1nn(C)c(NC(=O)N[C@@H](CO)C(C)C)c1CC. The lowest BCUT2D eigenvalue weighted by Gasteiger charge is -2.20. The third-order valence-corrected chi connectivity index (χ3v) is 3.47. The molecule has 1 aromatic rings. The first-order valence-corrected chi connectivity index (χ1v) is 7.17. The summed E-state index contributed by atoms with van der Waals surface area (Å²) in [7, 11) is 1.82. The van der Waals surface area contributed by atoms with E-state index in [0.717, 1.165) is 29.9 Å². The number of aliphatic hydroxyl groups excluding tert-OH is 1. The van der Waals surface area contributed by atoms with Crippen LogP contribution in [0.5, 0.6) is 0 Å². The molecule has 2 amide bonds. The van der Waals surface area contributed by atoms with Gasteiger partial charge in [-0.25, -0.2) is 4.79 Å². The Labute approximate surface area is 120 Å². The monoisotopic (exact) mass is 282 g/mol. The minimum atomic E-state index is -0.307. The Hall–Kier alpha value is -1.56. The van der Waals surface area contributed by atoms with Gasteiger partial charge in [-0.15, -0.1) is 0 Å². The molecule has 20 heavy (non-hydrogen) atoms. The highest BCUT2D eigenvalue weighted by molar-refractivity contribution is 5.89. The largest absolute Gasteiger partial charge is 0.394 e. The van der Waals surface area contributed by atoms with E-state index >= 15 is 0 Å². The molecule has 0 saturated heterocycles. The van der Waals surface area contributed by atoms with Crippen LogP contribution in [0, 0.1) is 5.92 Å². The number of aryl methyl sites for hydroxylation is 2. The van der Waals surface area contributed by atoms with Crippen molar-refractivity contribution in [1.82, 2.24) is 15.1 Å². The van der Waals surface area contributed by atoms with Crippen molar-refractivity contribution < 1.29 is 9.90 Å². The molecule has 114 valence electrons. The molecule has 0 radical (unpaired) electrons. The van der Waals surface area contributed by atoms with Crippen molar-refractivity contribution in [1.29, 1.82) is 0 Å². The molecular formula is C14H26N4O2. The van der Waals surface area contributed by atoms with E-state index in [-0.39, 0.29) is 24.6 Å². The highest BCUT2D eigenvalue weighted by atomic mass is 16.3. The molecule has 0 aliphatic heterocycles. The van der Waals surface area contributed by atoms with E-state index in [0.29, 0.717) is 0 Å². The van der Waals surface area contributed by atoms with Crippen LogP contribution in [0.3, 0.4) is 0 Å². The zero-order valence-electron chi connectivity index (χ0n) is 13.0. The summed E-state index contributed by atoms with van der Waals surface area (Å²) >= 11 is 0. The Bertz CT molecular complexity index is 454. The number of carbonyl (C=O) groups excluding carboxylic acids is 1. The number of anilines is 1. The summed E-state index contributed by atoms with van der Waals surface area (Å²) in [5.41, 5.74) is 2.07. The molecule has 0 aliphatic carbocycles. The third-order valence-electron chi connectivity index (χ3n) is 3.47. The molecule has 1 rings (SSSR count). The van der Waals surface area contributed by atoms with E-state index in [4.69, 9.17) is 0 Å². The minimum Gasteiger partial charge on any atom is -0.394 e. The Kier molecular flexibility index (Phi) is 6.01. The normalized spacial score (nSPS) is 12.6. The lowest BCUT2D eigenvalue weighted by Crippen LogP contribution is -2.43. The molecule has 0 unspecified atom stereocenters. The van der Waals surface area contributed by atoms with E-state index in [1.165, 1.54) is 0 Å². The van der Waals surface area contributed by atoms with Gasteiger partial charge in [0.25, 0.3) is 0 Å². The molecule has 0 spiro atoms. The fourth-order valence-corrected chi connectivity index (χ4v) is 2.17. The van der Waals surface area contributed by atoms with Gasteiger partial charge < -0.3 is 10.4 Å². The molecule has 0 fully saturated rings. The van der Waals surface area contributed by atoms with Crippen molar-refractivity contribution in [2.45, 2.75) is 46.6 Å². The highest BCUT2D eigenvalue weighted by Gasteiger charge is 2.18. The number of carbonyl (C=O) groups is 1. The number of hydrogen-bond donors (Lipinski definition) is 3. The van der Waals surface area contributed by atoms with Crippen molar-refractivity contribution in [2.75, 3.05) is 11.9 Å². The summed E-state index contributed by atoms with van der Waals surface area (Å²) in [5, 5.41) is 19.3. The van der Waals surface area contributed by atoms with Gasteiger partial charge in [0.2, 0.25) is 0 Å². The molecule has 1 atom stereocenters.